The van der Waals surface area contributed by atoms with Gasteiger partial charge in [-0.05, 0) is 39.7 Å². The molecule has 0 aromatic carbocycles. The van der Waals surface area contributed by atoms with Gasteiger partial charge in [-0.1, -0.05) is 26.7 Å². The summed E-state index contributed by atoms with van der Waals surface area (Å²) in [4.78, 5) is 8.86. The summed E-state index contributed by atoms with van der Waals surface area (Å²) >= 11 is 1.89. The summed E-state index contributed by atoms with van der Waals surface area (Å²) in [5.41, 5.74) is 1.21. The van der Waals surface area contributed by atoms with E-state index in [0.717, 1.165) is 6.54 Å². The lowest BCUT2D eigenvalue weighted by Gasteiger charge is -2.28. The second-order valence-corrected chi connectivity index (χ2v) is 6.84. The van der Waals surface area contributed by atoms with Gasteiger partial charge in [0.15, 0.2) is 5.13 Å². The summed E-state index contributed by atoms with van der Waals surface area (Å²) in [7, 11) is 0. The van der Waals surface area contributed by atoms with E-state index in [4.69, 9.17) is 4.98 Å². The molecule has 0 amide bonds. The van der Waals surface area contributed by atoms with Crippen LogP contribution in [-0.4, -0.2) is 24.1 Å². The standard InChI is InChI=1S/C16H29N3S/c1-5-14-10-8-7-9-11-19(14)16-18-13(4)15(20-16)12(3)17-6-2/h12,14,17H,5-11H2,1-4H3. The van der Waals surface area contributed by atoms with E-state index in [1.807, 2.05) is 11.3 Å². The predicted molar refractivity (Wildman–Crippen MR) is 88.8 cm³/mol. The van der Waals surface area contributed by atoms with E-state index in [-0.39, 0.29) is 0 Å². The van der Waals surface area contributed by atoms with Crippen LogP contribution >= 0.6 is 11.3 Å². The van der Waals surface area contributed by atoms with Gasteiger partial charge in [-0.25, -0.2) is 4.98 Å². The minimum atomic E-state index is 0.415. The molecule has 1 fully saturated rings. The maximum atomic E-state index is 4.88. The van der Waals surface area contributed by atoms with Gasteiger partial charge in [0.1, 0.15) is 0 Å². The quantitative estimate of drug-likeness (QED) is 0.878. The van der Waals surface area contributed by atoms with Crippen LogP contribution in [0.4, 0.5) is 5.13 Å². The summed E-state index contributed by atoms with van der Waals surface area (Å²) in [6, 6.07) is 1.10. The molecule has 0 saturated carbocycles. The highest BCUT2D eigenvalue weighted by molar-refractivity contribution is 7.15. The number of nitrogens with zero attached hydrogens (tertiary/aromatic N) is 2. The molecule has 2 heterocycles. The topological polar surface area (TPSA) is 28.2 Å². The highest BCUT2D eigenvalue weighted by atomic mass is 32.1. The van der Waals surface area contributed by atoms with Crippen molar-refractivity contribution in [3.8, 4) is 0 Å². The molecule has 0 spiro atoms. The van der Waals surface area contributed by atoms with Crippen molar-refractivity contribution in [2.75, 3.05) is 18.0 Å². The zero-order valence-corrected chi connectivity index (χ0v) is 14.2. The van der Waals surface area contributed by atoms with Gasteiger partial charge in [-0.2, -0.15) is 0 Å². The van der Waals surface area contributed by atoms with Crippen molar-refractivity contribution in [3.05, 3.63) is 10.6 Å². The van der Waals surface area contributed by atoms with Gasteiger partial charge < -0.3 is 10.2 Å². The van der Waals surface area contributed by atoms with Crippen LogP contribution in [-0.2, 0) is 0 Å². The molecular weight excluding hydrogens is 266 g/mol. The fourth-order valence-electron chi connectivity index (χ4n) is 3.17. The van der Waals surface area contributed by atoms with Crippen LogP contribution in [0.25, 0.3) is 0 Å². The van der Waals surface area contributed by atoms with E-state index in [1.165, 1.54) is 54.4 Å². The first kappa shape index (κ1) is 15.8. The Labute approximate surface area is 127 Å². The van der Waals surface area contributed by atoms with Gasteiger partial charge in [0, 0.05) is 23.5 Å². The molecule has 3 nitrogen and oxygen atoms in total. The lowest BCUT2D eigenvalue weighted by molar-refractivity contribution is 0.555. The molecule has 2 rings (SSSR count). The number of rotatable bonds is 5. The molecule has 1 saturated heterocycles. The third-order valence-electron chi connectivity index (χ3n) is 4.32. The Bertz CT molecular complexity index is 416. The average molecular weight is 295 g/mol. The molecule has 114 valence electrons. The highest BCUT2D eigenvalue weighted by Crippen LogP contribution is 2.34. The highest BCUT2D eigenvalue weighted by Gasteiger charge is 2.24. The predicted octanol–water partition coefficient (Wildman–Crippen LogP) is 4.28. The summed E-state index contributed by atoms with van der Waals surface area (Å²) in [6.07, 6.45) is 6.62. The first-order valence-corrected chi connectivity index (χ1v) is 8.96. The van der Waals surface area contributed by atoms with E-state index in [0.29, 0.717) is 12.1 Å². The zero-order valence-electron chi connectivity index (χ0n) is 13.4. The average Bonchev–Trinajstić information content (AvgIpc) is 2.68. The molecule has 0 radical (unpaired) electrons. The van der Waals surface area contributed by atoms with Crippen molar-refractivity contribution >= 4 is 16.5 Å². The Balaban J connectivity index is 2.20. The lowest BCUT2D eigenvalue weighted by atomic mass is 10.1. The Hall–Kier alpha value is -0.610. The number of nitrogens with one attached hydrogen (secondary N) is 1. The van der Waals surface area contributed by atoms with Gasteiger partial charge >= 0.3 is 0 Å². The number of anilines is 1. The second kappa shape index (κ2) is 7.41. The Morgan fingerprint density at radius 1 is 1.35 bits per heavy atom. The van der Waals surface area contributed by atoms with Crippen LogP contribution in [0.3, 0.4) is 0 Å². The number of hydrogen-bond acceptors (Lipinski definition) is 4. The van der Waals surface area contributed by atoms with E-state index >= 15 is 0 Å². The molecule has 1 aromatic heterocycles. The second-order valence-electron chi connectivity index (χ2n) is 5.83. The van der Waals surface area contributed by atoms with Crippen molar-refractivity contribution in [2.24, 2.45) is 0 Å². The minimum Gasteiger partial charge on any atom is -0.345 e. The number of aryl methyl sites for hydroxylation is 1. The lowest BCUT2D eigenvalue weighted by Crippen LogP contribution is -2.34. The molecule has 1 aromatic rings. The Morgan fingerprint density at radius 3 is 2.85 bits per heavy atom. The molecule has 0 bridgehead atoms. The van der Waals surface area contributed by atoms with Crippen molar-refractivity contribution in [1.29, 1.82) is 0 Å². The third-order valence-corrected chi connectivity index (χ3v) is 5.70. The molecule has 0 aliphatic carbocycles. The molecule has 2 atom stereocenters. The van der Waals surface area contributed by atoms with Crippen LogP contribution < -0.4 is 10.2 Å². The maximum absolute atomic E-state index is 4.88. The SMILES string of the molecule is CCNC(C)c1sc(N2CCCCCC2CC)nc1C. The Morgan fingerprint density at radius 2 is 2.15 bits per heavy atom. The van der Waals surface area contributed by atoms with Crippen molar-refractivity contribution < 1.29 is 0 Å². The zero-order chi connectivity index (χ0) is 14.5. The summed E-state index contributed by atoms with van der Waals surface area (Å²) < 4.78 is 0. The summed E-state index contributed by atoms with van der Waals surface area (Å²) in [5, 5.41) is 4.75. The van der Waals surface area contributed by atoms with Gasteiger partial charge in [0.25, 0.3) is 0 Å². The largest absolute Gasteiger partial charge is 0.345 e. The van der Waals surface area contributed by atoms with Crippen LogP contribution in [0.5, 0.6) is 0 Å². The van der Waals surface area contributed by atoms with Gasteiger partial charge in [-0.15, -0.1) is 11.3 Å². The van der Waals surface area contributed by atoms with Gasteiger partial charge in [0.05, 0.1) is 5.69 Å². The first-order valence-electron chi connectivity index (χ1n) is 8.14. The van der Waals surface area contributed by atoms with Gasteiger partial charge in [-0.3, -0.25) is 0 Å². The number of hydrogen-bond donors (Lipinski definition) is 1. The van der Waals surface area contributed by atoms with E-state index in [1.54, 1.807) is 0 Å². The van der Waals surface area contributed by atoms with Crippen LogP contribution in [0, 0.1) is 6.92 Å². The minimum absolute atomic E-state index is 0.415. The number of aromatic nitrogens is 1. The fraction of sp³-hybridized carbons (Fsp3) is 0.812. The van der Waals surface area contributed by atoms with E-state index in [9.17, 15) is 0 Å². The van der Waals surface area contributed by atoms with Crippen molar-refractivity contribution in [3.63, 3.8) is 0 Å². The fourth-order valence-corrected chi connectivity index (χ4v) is 4.36. The summed E-state index contributed by atoms with van der Waals surface area (Å²) in [5.74, 6) is 0. The van der Waals surface area contributed by atoms with E-state index in [2.05, 4.69) is 37.9 Å². The molecule has 1 aliphatic heterocycles. The van der Waals surface area contributed by atoms with Gasteiger partial charge in [0.2, 0.25) is 0 Å². The van der Waals surface area contributed by atoms with Crippen LogP contribution in [0.2, 0.25) is 0 Å². The van der Waals surface area contributed by atoms with Crippen molar-refractivity contribution in [2.45, 2.75) is 71.9 Å². The normalized spacial score (nSPS) is 21.8. The van der Waals surface area contributed by atoms with E-state index < -0.39 is 0 Å². The first-order chi connectivity index (χ1) is 9.67. The van der Waals surface area contributed by atoms with Crippen LogP contribution in [0.15, 0.2) is 0 Å². The molecule has 1 N–H and O–H groups in total. The molecular formula is C16H29N3S. The molecule has 2 unspecified atom stereocenters. The molecule has 4 heteroatoms. The Kier molecular flexibility index (Phi) is 5.85. The summed E-state index contributed by atoms with van der Waals surface area (Å²) in [6.45, 7) is 11.1. The molecule has 20 heavy (non-hydrogen) atoms. The third kappa shape index (κ3) is 3.53. The smallest absolute Gasteiger partial charge is 0.186 e. The van der Waals surface area contributed by atoms with Crippen molar-refractivity contribution in [1.82, 2.24) is 10.3 Å². The molecule has 1 aliphatic rings. The number of thiazole rings is 1. The van der Waals surface area contributed by atoms with Crippen LogP contribution in [0.1, 0.15) is 69.5 Å². The maximum Gasteiger partial charge on any atom is 0.186 e. The monoisotopic (exact) mass is 295 g/mol.